The second kappa shape index (κ2) is 19.6. The standard InChI is InChI=1S/C30H66N2O8P2/c1-31(2,3)27-29(33,41(35,36)37)25-23-21-19-17-15-13-11-9-7-8-10-12-14-16-18-20-22-24-26-30(34,42(38,39)40)28-32(4,5)6/h33-34H,7-28H2,1-6H3,(H2-2,35,36,37,38,39,40)/p+2. The third-order valence-electron chi connectivity index (χ3n) is 7.94. The highest BCUT2D eigenvalue weighted by atomic mass is 31.2. The Bertz CT molecular complexity index is 740. The third kappa shape index (κ3) is 20.2. The molecule has 0 aromatic carbocycles. The van der Waals surface area contributed by atoms with E-state index in [0.717, 1.165) is 38.5 Å². The molecule has 0 saturated carbocycles. The smallest absolute Gasteiger partial charge is 0.362 e. The summed E-state index contributed by atoms with van der Waals surface area (Å²) in [6.07, 6.45) is 20.1. The first-order valence-corrected chi connectivity index (χ1v) is 19.5. The van der Waals surface area contributed by atoms with Crippen LogP contribution in [0.3, 0.4) is 0 Å². The molecule has 0 aromatic heterocycles. The molecule has 0 aromatic rings. The van der Waals surface area contributed by atoms with Crippen LogP contribution in [0.2, 0.25) is 0 Å². The summed E-state index contributed by atoms with van der Waals surface area (Å²) < 4.78 is 24.3. The topological polar surface area (TPSA) is 156 Å². The molecule has 0 aliphatic carbocycles. The quantitative estimate of drug-likeness (QED) is 0.0364. The van der Waals surface area contributed by atoms with Gasteiger partial charge in [0.2, 0.25) is 10.7 Å². The van der Waals surface area contributed by atoms with Gasteiger partial charge in [-0.1, -0.05) is 103 Å². The molecule has 2 atom stereocenters. The molecule has 0 saturated heterocycles. The van der Waals surface area contributed by atoms with Crippen LogP contribution in [0.25, 0.3) is 0 Å². The van der Waals surface area contributed by atoms with E-state index < -0.39 is 25.9 Å². The van der Waals surface area contributed by atoms with Crippen molar-refractivity contribution < 1.29 is 47.9 Å². The second-order valence-electron chi connectivity index (χ2n) is 14.8. The first-order valence-electron chi connectivity index (χ1n) is 16.3. The molecule has 0 rings (SSSR count). The molecule has 0 heterocycles. The molecule has 42 heavy (non-hydrogen) atoms. The van der Waals surface area contributed by atoms with Crippen LogP contribution < -0.4 is 0 Å². The molecule has 0 aliphatic rings. The normalized spacial score (nSPS) is 16.4. The van der Waals surface area contributed by atoms with E-state index in [9.17, 15) is 38.9 Å². The average molecular weight is 647 g/mol. The number of aliphatic hydroxyl groups is 2. The Labute approximate surface area is 257 Å². The van der Waals surface area contributed by atoms with Crippen molar-refractivity contribution in [1.29, 1.82) is 0 Å². The van der Waals surface area contributed by atoms with Gasteiger partial charge in [-0.25, -0.2) is 0 Å². The highest BCUT2D eigenvalue weighted by Crippen LogP contribution is 2.53. The van der Waals surface area contributed by atoms with E-state index in [4.69, 9.17) is 0 Å². The lowest BCUT2D eigenvalue weighted by molar-refractivity contribution is -0.875. The molecular formula is C30H68N2O8P2+2. The SMILES string of the molecule is C[N+](C)(C)CC(O)(CCCCCCCCCCCCCCCCCCCCC(O)(C[N+](C)(C)C)P(=O)(O)O)P(=O)(O)O. The number of hydrogen-bond acceptors (Lipinski definition) is 4. The molecule has 0 amide bonds. The minimum Gasteiger partial charge on any atom is -0.373 e. The fraction of sp³-hybridized carbons (Fsp3) is 1.00. The van der Waals surface area contributed by atoms with Gasteiger partial charge in [-0.3, -0.25) is 9.13 Å². The first-order chi connectivity index (χ1) is 19.1. The highest BCUT2D eigenvalue weighted by Gasteiger charge is 2.49. The number of likely N-dealkylation sites (N-methyl/N-ethyl adjacent to an activating group) is 2. The average Bonchev–Trinajstić information content (AvgIpc) is 2.79. The summed E-state index contributed by atoms with van der Waals surface area (Å²) in [5.41, 5.74) is 0. The van der Waals surface area contributed by atoms with Gasteiger partial charge in [0.1, 0.15) is 13.1 Å². The zero-order valence-corrected chi connectivity index (χ0v) is 29.6. The predicted octanol–water partition coefficient (Wildman–Crippen LogP) is 5.93. The van der Waals surface area contributed by atoms with Crippen molar-refractivity contribution in [3.63, 3.8) is 0 Å². The molecule has 0 spiro atoms. The zero-order chi connectivity index (χ0) is 32.6. The Balaban J connectivity index is 3.68. The van der Waals surface area contributed by atoms with Gasteiger partial charge in [-0.2, -0.15) is 0 Å². The molecule has 0 radical (unpaired) electrons. The van der Waals surface area contributed by atoms with Gasteiger partial charge in [0.25, 0.3) is 0 Å². The van der Waals surface area contributed by atoms with Crippen molar-refractivity contribution in [3.8, 4) is 0 Å². The van der Waals surface area contributed by atoms with Crippen molar-refractivity contribution in [2.75, 3.05) is 55.4 Å². The van der Waals surface area contributed by atoms with Crippen molar-refractivity contribution in [2.24, 2.45) is 0 Å². The summed E-state index contributed by atoms with van der Waals surface area (Å²) in [5.74, 6) is 0. The predicted molar refractivity (Wildman–Crippen MR) is 172 cm³/mol. The summed E-state index contributed by atoms with van der Waals surface area (Å²) >= 11 is 0. The van der Waals surface area contributed by atoms with Crippen molar-refractivity contribution in [1.82, 2.24) is 0 Å². The maximum Gasteiger partial charge on any atom is 0.362 e. The fourth-order valence-electron chi connectivity index (χ4n) is 5.80. The Kier molecular flexibility index (Phi) is 19.7. The Morgan fingerprint density at radius 2 is 0.571 bits per heavy atom. The van der Waals surface area contributed by atoms with E-state index in [1.807, 2.05) is 42.3 Å². The van der Waals surface area contributed by atoms with Crippen LogP contribution in [0.15, 0.2) is 0 Å². The van der Waals surface area contributed by atoms with Crippen molar-refractivity contribution in [2.45, 2.75) is 139 Å². The van der Waals surface area contributed by atoms with Gasteiger partial charge in [0, 0.05) is 0 Å². The van der Waals surface area contributed by atoms with Crippen LogP contribution in [-0.2, 0) is 9.13 Å². The zero-order valence-electron chi connectivity index (χ0n) is 27.8. The van der Waals surface area contributed by atoms with Crippen LogP contribution >= 0.6 is 15.2 Å². The summed E-state index contributed by atoms with van der Waals surface area (Å²) in [4.78, 5) is 38.6. The maximum atomic E-state index is 11.8. The number of rotatable bonds is 27. The van der Waals surface area contributed by atoms with Crippen LogP contribution in [0, 0.1) is 0 Å². The molecule has 6 N–H and O–H groups in total. The van der Waals surface area contributed by atoms with Crippen LogP contribution in [0.4, 0.5) is 0 Å². The van der Waals surface area contributed by atoms with E-state index in [1.165, 1.54) is 64.2 Å². The lowest BCUT2D eigenvalue weighted by Crippen LogP contribution is -2.49. The molecule has 2 unspecified atom stereocenters. The van der Waals surface area contributed by atoms with Gasteiger partial charge < -0.3 is 38.8 Å². The first kappa shape index (κ1) is 42.1. The van der Waals surface area contributed by atoms with Gasteiger partial charge in [0.15, 0.2) is 0 Å². The highest BCUT2D eigenvalue weighted by molar-refractivity contribution is 7.53. The third-order valence-corrected chi connectivity index (χ3v) is 10.8. The molecule has 0 aliphatic heterocycles. The monoisotopic (exact) mass is 646 g/mol. The number of nitrogens with zero attached hydrogens (tertiary/aromatic N) is 2. The fourth-order valence-corrected chi connectivity index (χ4v) is 7.91. The number of unbranched alkanes of at least 4 members (excludes halogenated alkanes) is 17. The van der Waals surface area contributed by atoms with E-state index in [0.29, 0.717) is 21.8 Å². The van der Waals surface area contributed by atoms with Crippen LogP contribution in [0.5, 0.6) is 0 Å². The summed E-state index contributed by atoms with van der Waals surface area (Å²) in [6.45, 7) is 0.0704. The van der Waals surface area contributed by atoms with Gasteiger partial charge in [0.05, 0.1) is 42.3 Å². The number of hydrogen-bond donors (Lipinski definition) is 6. The Morgan fingerprint density at radius 3 is 0.714 bits per heavy atom. The summed E-state index contributed by atoms with van der Waals surface area (Å²) in [6, 6.07) is 0. The van der Waals surface area contributed by atoms with Gasteiger partial charge in [-0.15, -0.1) is 0 Å². The minimum absolute atomic E-state index is 0.0352. The Hall–Kier alpha value is 0.140. The lowest BCUT2D eigenvalue weighted by atomic mass is 10.0. The van der Waals surface area contributed by atoms with Gasteiger partial charge >= 0.3 is 15.2 Å². The molecule has 254 valence electrons. The molecule has 12 heteroatoms. The van der Waals surface area contributed by atoms with Crippen molar-refractivity contribution >= 4 is 15.2 Å². The minimum atomic E-state index is -4.58. The largest absolute Gasteiger partial charge is 0.373 e. The van der Waals surface area contributed by atoms with Crippen LogP contribution in [-0.4, -0.2) is 105 Å². The second-order valence-corrected chi connectivity index (χ2v) is 18.7. The van der Waals surface area contributed by atoms with E-state index in [1.54, 1.807) is 0 Å². The molecule has 0 bridgehead atoms. The van der Waals surface area contributed by atoms with E-state index in [2.05, 4.69) is 0 Å². The van der Waals surface area contributed by atoms with E-state index in [-0.39, 0.29) is 25.9 Å². The van der Waals surface area contributed by atoms with Gasteiger partial charge in [-0.05, 0) is 25.7 Å². The Morgan fingerprint density at radius 1 is 0.405 bits per heavy atom. The summed E-state index contributed by atoms with van der Waals surface area (Å²) in [5, 5.41) is 17.3. The number of quaternary nitrogens is 2. The molecular weight excluding hydrogens is 578 g/mol. The van der Waals surface area contributed by atoms with Crippen molar-refractivity contribution in [3.05, 3.63) is 0 Å². The molecule has 0 fully saturated rings. The maximum absolute atomic E-state index is 11.8. The molecule has 10 nitrogen and oxygen atoms in total. The summed E-state index contributed by atoms with van der Waals surface area (Å²) in [7, 11) is 1.79. The van der Waals surface area contributed by atoms with E-state index >= 15 is 0 Å². The van der Waals surface area contributed by atoms with Crippen LogP contribution in [0.1, 0.15) is 128 Å². The lowest BCUT2D eigenvalue weighted by Gasteiger charge is -2.35.